The maximum atomic E-state index is 9.59. The fourth-order valence-electron chi connectivity index (χ4n) is 3.05. The van der Waals surface area contributed by atoms with Crippen LogP contribution in [-0.4, -0.2) is 18.3 Å². The maximum Gasteiger partial charge on any atom is 0.171 e. The average Bonchev–Trinajstić information content (AvgIpc) is 2.68. The summed E-state index contributed by atoms with van der Waals surface area (Å²) in [5.41, 5.74) is 2.60. The van der Waals surface area contributed by atoms with E-state index in [0.29, 0.717) is 12.4 Å². The van der Waals surface area contributed by atoms with Gasteiger partial charge in [0.15, 0.2) is 5.76 Å². The maximum absolute atomic E-state index is 9.59. The van der Waals surface area contributed by atoms with E-state index in [1.54, 1.807) is 0 Å². The van der Waals surface area contributed by atoms with Crippen molar-refractivity contribution in [3.8, 4) is 0 Å². The smallest absolute Gasteiger partial charge is 0.171 e. The van der Waals surface area contributed by atoms with Crippen molar-refractivity contribution in [2.24, 2.45) is 0 Å². The molecule has 0 radical (unpaired) electrons. The van der Waals surface area contributed by atoms with Crippen LogP contribution in [0.2, 0.25) is 0 Å². The van der Waals surface area contributed by atoms with Crippen molar-refractivity contribution in [3.05, 3.63) is 23.0 Å². The van der Waals surface area contributed by atoms with Gasteiger partial charge in [-0.25, -0.2) is 0 Å². The molecule has 1 heterocycles. The van der Waals surface area contributed by atoms with E-state index in [1.807, 2.05) is 0 Å². The molecule has 0 unspecified atom stereocenters. The predicted octanol–water partition coefficient (Wildman–Crippen LogP) is 4.43. The number of hydrogen-bond acceptors (Lipinski definition) is 3. The third-order valence-electron chi connectivity index (χ3n) is 4.22. The lowest BCUT2D eigenvalue weighted by Crippen LogP contribution is -2.05. The number of rotatable bonds is 2. The van der Waals surface area contributed by atoms with Gasteiger partial charge in [-0.15, -0.1) is 0 Å². The van der Waals surface area contributed by atoms with E-state index >= 15 is 0 Å². The van der Waals surface area contributed by atoms with Crippen molar-refractivity contribution < 1.29 is 14.9 Å². The number of aliphatic hydroxyl groups is 1. The average molecular weight is 280 g/mol. The van der Waals surface area contributed by atoms with Crippen LogP contribution in [0.25, 0.3) is 0 Å². The quantitative estimate of drug-likeness (QED) is 0.761. The van der Waals surface area contributed by atoms with Crippen molar-refractivity contribution in [1.29, 1.82) is 0 Å². The van der Waals surface area contributed by atoms with Crippen molar-refractivity contribution in [2.45, 2.75) is 70.6 Å². The molecule has 0 amide bonds. The van der Waals surface area contributed by atoms with E-state index < -0.39 is 0 Å². The Kier molecular flexibility index (Phi) is 7.16. The minimum atomic E-state index is -0.0628. The molecule has 0 aromatic carbocycles. The van der Waals surface area contributed by atoms with E-state index in [1.165, 1.54) is 49.7 Å². The summed E-state index contributed by atoms with van der Waals surface area (Å²) in [5, 5.41) is 9.59. The molecular weight excluding hydrogens is 252 g/mol. The van der Waals surface area contributed by atoms with E-state index in [4.69, 9.17) is 9.78 Å². The first-order valence-corrected chi connectivity index (χ1v) is 8.23. The van der Waals surface area contributed by atoms with Crippen LogP contribution in [0, 0.1) is 0 Å². The highest BCUT2D eigenvalue weighted by Gasteiger charge is 2.16. The fraction of sp³-hybridized carbons (Fsp3) is 0.765. The molecule has 3 nitrogen and oxygen atoms in total. The minimum absolute atomic E-state index is 0.0628. The zero-order valence-electron chi connectivity index (χ0n) is 12.5. The molecule has 0 fully saturated rings. The lowest BCUT2D eigenvalue weighted by Gasteiger charge is -2.15. The summed E-state index contributed by atoms with van der Waals surface area (Å²) >= 11 is 0. The molecule has 0 aromatic rings. The van der Waals surface area contributed by atoms with E-state index in [9.17, 15) is 5.11 Å². The van der Waals surface area contributed by atoms with Gasteiger partial charge in [0.1, 0.15) is 6.61 Å². The summed E-state index contributed by atoms with van der Waals surface area (Å²) in [6, 6.07) is 0. The Balaban J connectivity index is 2.16. The zero-order valence-corrected chi connectivity index (χ0v) is 12.5. The first-order chi connectivity index (χ1) is 9.92. The van der Waals surface area contributed by atoms with Crippen LogP contribution in [0.1, 0.15) is 70.6 Å². The third kappa shape index (κ3) is 4.95. The first kappa shape index (κ1) is 15.6. The largest absolute Gasteiger partial charge is 0.388 e. The Morgan fingerprint density at radius 3 is 2.55 bits per heavy atom. The van der Waals surface area contributed by atoms with Gasteiger partial charge in [-0.1, -0.05) is 31.8 Å². The zero-order chi connectivity index (χ0) is 14.0. The molecule has 1 aliphatic carbocycles. The van der Waals surface area contributed by atoms with Crippen molar-refractivity contribution in [2.75, 3.05) is 13.2 Å². The molecule has 20 heavy (non-hydrogen) atoms. The first-order valence-electron chi connectivity index (χ1n) is 8.23. The standard InChI is InChI=1S/C17H28O3/c18-14-17-16(12-8-5-9-13-19-20-17)15-10-6-3-1-2-4-7-11-15/h10,18H,1-9,11-14H2. The van der Waals surface area contributed by atoms with Gasteiger partial charge < -0.3 is 9.99 Å². The Labute approximate surface area is 122 Å². The number of aliphatic hydroxyl groups excluding tert-OH is 1. The molecule has 0 atom stereocenters. The van der Waals surface area contributed by atoms with Gasteiger partial charge in [0.05, 0.1) is 6.61 Å². The molecule has 2 rings (SSSR count). The van der Waals surface area contributed by atoms with Crippen molar-refractivity contribution >= 4 is 0 Å². The van der Waals surface area contributed by atoms with Crippen molar-refractivity contribution in [3.63, 3.8) is 0 Å². The summed E-state index contributed by atoms with van der Waals surface area (Å²) in [4.78, 5) is 10.6. The van der Waals surface area contributed by atoms with Crippen LogP contribution in [0.5, 0.6) is 0 Å². The third-order valence-corrected chi connectivity index (χ3v) is 4.22. The van der Waals surface area contributed by atoms with Crippen LogP contribution < -0.4 is 0 Å². The summed E-state index contributed by atoms with van der Waals surface area (Å²) < 4.78 is 0. The molecule has 0 spiro atoms. The fourth-order valence-corrected chi connectivity index (χ4v) is 3.05. The highest BCUT2D eigenvalue weighted by Crippen LogP contribution is 2.29. The minimum Gasteiger partial charge on any atom is -0.388 e. The molecule has 3 heteroatoms. The molecule has 0 saturated carbocycles. The van der Waals surface area contributed by atoms with Crippen LogP contribution in [0.4, 0.5) is 0 Å². The summed E-state index contributed by atoms with van der Waals surface area (Å²) in [5.74, 6) is 0.636. The normalized spacial score (nSPS) is 23.4. The van der Waals surface area contributed by atoms with Gasteiger partial charge in [0.2, 0.25) is 0 Å². The second-order valence-corrected chi connectivity index (χ2v) is 5.81. The Morgan fingerprint density at radius 1 is 0.900 bits per heavy atom. The molecule has 1 aliphatic heterocycles. The van der Waals surface area contributed by atoms with Gasteiger partial charge in [0, 0.05) is 0 Å². The highest BCUT2D eigenvalue weighted by atomic mass is 17.2. The lowest BCUT2D eigenvalue weighted by atomic mass is 9.93. The Hall–Kier alpha value is -0.800. The van der Waals surface area contributed by atoms with Gasteiger partial charge in [-0.3, -0.25) is 0 Å². The van der Waals surface area contributed by atoms with E-state index in [-0.39, 0.29) is 6.61 Å². The monoisotopic (exact) mass is 280 g/mol. The summed E-state index contributed by atoms with van der Waals surface area (Å²) in [7, 11) is 0. The van der Waals surface area contributed by atoms with Gasteiger partial charge in [-0.2, -0.15) is 4.89 Å². The van der Waals surface area contributed by atoms with E-state index in [2.05, 4.69) is 6.08 Å². The van der Waals surface area contributed by atoms with Crippen LogP contribution in [0.15, 0.2) is 23.0 Å². The van der Waals surface area contributed by atoms with Crippen LogP contribution >= 0.6 is 0 Å². The van der Waals surface area contributed by atoms with Gasteiger partial charge in [0.25, 0.3) is 0 Å². The van der Waals surface area contributed by atoms with E-state index in [0.717, 1.165) is 32.1 Å². The topological polar surface area (TPSA) is 38.7 Å². The summed E-state index contributed by atoms with van der Waals surface area (Å²) in [6.07, 6.45) is 15.5. The Bertz CT molecular complexity index is 344. The molecule has 0 saturated heterocycles. The molecule has 114 valence electrons. The highest BCUT2D eigenvalue weighted by molar-refractivity contribution is 5.33. The SMILES string of the molecule is OCC1=C(C2=CCCCCCCC2)CCCCCOO1. The predicted molar refractivity (Wildman–Crippen MR) is 80.0 cm³/mol. The summed E-state index contributed by atoms with van der Waals surface area (Å²) in [6.45, 7) is 0.558. The number of allylic oxidation sites excluding steroid dienone is 3. The second kappa shape index (κ2) is 9.19. The van der Waals surface area contributed by atoms with Crippen LogP contribution in [-0.2, 0) is 9.78 Å². The Morgan fingerprint density at radius 2 is 1.65 bits per heavy atom. The lowest BCUT2D eigenvalue weighted by molar-refractivity contribution is -0.266. The van der Waals surface area contributed by atoms with Crippen molar-refractivity contribution in [1.82, 2.24) is 0 Å². The number of hydrogen-bond donors (Lipinski definition) is 1. The molecule has 2 aliphatic rings. The second-order valence-electron chi connectivity index (χ2n) is 5.81. The molecule has 0 bridgehead atoms. The molecule has 1 N–H and O–H groups in total. The van der Waals surface area contributed by atoms with Gasteiger partial charge in [-0.05, 0) is 56.1 Å². The molecular formula is C17H28O3. The van der Waals surface area contributed by atoms with Crippen LogP contribution in [0.3, 0.4) is 0 Å². The molecule has 0 aromatic heterocycles. The van der Waals surface area contributed by atoms with Gasteiger partial charge >= 0.3 is 0 Å².